The summed E-state index contributed by atoms with van der Waals surface area (Å²) in [5.74, 6) is 0.309. The highest BCUT2D eigenvalue weighted by Crippen LogP contribution is 2.36. The van der Waals surface area contributed by atoms with E-state index in [1.54, 1.807) is 29.2 Å². The number of thiocarbonyl (C=S) groups is 1. The molecule has 1 amide bonds. The number of carbonyl (C=O) groups excluding carboxylic acids is 1. The van der Waals surface area contributed by atoms with E-state index in [2.05, 4.69) is 11.0 Å². The second-order valence-corrected chi connectivity index (χ2v) is 12.8. The van der Waals surface area contributed by atoms with Crippen LogP contribution in [0.5, 0.6) is 17.2 Å². The van der Waals surface area contributed by atoms with E-state index in [4.69, 9.17) is 31.5 Å². The highest BCUT2D eigenvalue weighted by Gasteiger charge is 2.32. The number of carbonyl (C=O) groups is 2. The van der Waals surface area contributed by atoms with Gasteiger partial charge in [0.1, 0.15) is 28.2 Å². The molecule has 4 aromatic rings. The van der Waals surface area contributed by atoms with Crippen molar-refractivity contribution in [2.75, 3.05) is 52.6 Å². The summed E-state index contributed by atoms with van der Waals surface area (Å²) in [6.45, 7) is 5.20. The number of hydrogen-bond acceptors (Lipinski definition) is 9. The average Bonchev–Trinajstić information content (AvgIpc) is 3.35. The molecule has 6 rings (SSSR count). The summed E-state index contributed by atoms with van der Waals surface area (Å²) in [5, 5.41) is 20.9. The summed E-state index contributed by atoms with van der Waals surface area (Å²) in [6, 6.07) is 23.6. The number of ether oxygens (including phenoxy) is 3. The van der Waals surface area contributed by atoms with Crippen LogP contribution in [0.3, 0.4) is 0 Å². The van der Waals surface area contributed by atoms with Crippen LogP contribution in [0, 0.1) is 0 Å². The van der Waals surface area contributed by atoms with E-state index in [1.807, 2.05) is 42.5 Å². The first-order chi connectivity index (χ1) is 22.8. The average molecular weight is 671 g/mol. The smallest absolute Gasteiger partial charge is 0.335 e. The molecule has 0 spiro atoms. The quantitative estimate of drug-likeness (QED) is 0.101. The summed E-state index contributed by atoms with van der Waals surface area (Å²) in [4.78, 5) is 29.0. The Morgan fingerprint density at radius 1 is 0.894 bits per heavy atom. The topological polar surface area (TPSA) is 109 Å². The molecule has 2 aliphatic rings. The predicted octanol–water partition coefficient (Wildman–Crippen LogP) is 6.29. The number of benzene rings is 4. The van der Waals surface area contributed by atoms with Crippen molar-refractivity contribution in [1.82, 2.24) is 9.80 Å². The van der Waals surface area contributed by atoms with Crippen LogP contribution in [-0.4, -0.2) is 88.8 Å². The Labute approximate surface area is 282 Å². The third kappa shape index (κ3) is 8.12. The van der Waals surface area contributed by atoms with E-state index in [0.29, 0.717) is 46.9 Å². The molecule has 0 radical (unpaired) electrons. The van der Waals surface area contributed by atoms with Gasteiger partial charge < -0.3 is 24.4 Å². The lowest BCUT2D eigenvalue weighted by Gasteiger charge is -2.26. The molecule has 0 atom stereocenters. The number of amides is 1. The molecule has 47 heavy (non-hydrogen) atoms. The number of carboxylic acid groups (broad SMARTS) is 1. The van der Waals surface area contributed by atoms with Crippen LogP contribution in [-0.2, 0) is 9.53 Å². The zero-order chi connectivity index (χ0) is 32.8. The summed E-state index contributed by atoms with van der Waals surface area (Å²) in [5.41, 5.74) is 2.94. The third-order valence-corrected chi connectivity index (χ3v) is 9.37. The number of phenolic OH excluding ortho intramolecular Hbond substituents is 1. The molecule has 0 aliphatic carbocycles. The number of nitrogens with zero attached hydrogens (tertiary/aromatic N) is 2. The fourth-order valence-electron chi connectivity index (χ4n) is 5.43. The van der Waals surface area contributed by atoms with Crippen molar-refractivity contribution in [3.8, 4) is 28.4 Å². The van der Waals surface area contributed by atoms with Crippen molar-refractivity contribution in [1.29, 1.82) is 0 Å². The second kappa shape index (κ2) is 15.0. The second-order valence-electron chi connectivity index (χ2n) is 11.2. The van der Waals surface area contributed by atoms with Crippen LogP contribution in [0.2, 0.25) is 0 Å². The molecule has 2 saturated heterocycles. The van der Waals surface area contributed by atoms with Crippen LogP contribution in [0.15, 0.2) is 83.8 Å². The number of aromatic hydroxyl groups is 1. The Kier molecular flexibility index (Phi) is 10.4. The molecular weight excluding hydrogens is 637 g/mol. The molecule has 2 N–H and O–H groups in total. The van der Waals surface area contributed by atoms with Gasteiger partial charge in [0.05, 0.1) is 30.3 Å². The van der Waals surface area contributed by atoms with Gasteiger partial charge in [-0.1, -0.05) is 48.2 Å². The molecule has 11 heteroatoms. The number of rotatable bonds is 12. The van der Waals surface area contributed by atoms with Crippen LogP contribution < -0.4 is 9.47 Å². The highest BCUT2D eigenvalue weighted by atomic mass is 32.2. The predicted molar refractivity (Wildman–Crippen MR) is 187 cm³/mol. The number of morpholine rings is 1. The van der Waals surface area contributed by atoms with Gasteiger partial charge in [-0.3, -0.25) is 14.6 Å². The molecule has 4 aromatic carbocycles. The van der Waals surface area contributed by atoms with Gasteiger partial charge in [-0.2, -0.15) is 0 Å². The molecule has 242 valence electrons. The lowest BCUT2D eigenvalue weighted by molar-refractivity contribution is -0.122. The summed E-state index contributed by atoms with van der Waals surface area (Å²) in [7, 11) is 0. The normalized spacial score (nSPS) is 16.3. The summed E-state index contributed by atoms with van der Waals surface area (Å²) in [6.07, 6.45) is 2.40. The molecule has 0 aromatic heterocycles. The van der Waals surface area contributed by atoms with Gasteiger partial charge in [-0.15, -0.1) is 0 Å². The van der Waals surface area contributed by atoms with Crippen molar-refractivity contribution >= 4 is 57.0 Å². The Morgan fingerprint density at radius 2 is 1.62 bits per heavy atom. The van der Waals surface area contributed by atoms with Gasteiger partial charge in [0.15, 0.2) is 0 Å². The molecule has 9 nitrogen and oxygen atoms in total. The van der Waals surface area contributed by atoms with Crippen molar-refractivity contribution in [2.45, 2.75) is 6.42 Å². The van der Waals surface area contributed by atoms with Gasteiger partial charge >= 0.3 is 5.97 Å². The van der Waals surface area contributed by atoms with E-state index < -0.39 is 5.97 Å². The van der Waals surface area contributed by atoms with Gasteiger partial charge in [0.25, 0.3) is 5.91 Å². The molecule has 0 saturated carbocycles. The van der Waals surface area contributed by atoms with Crippen LogP contribution in [0.25, 0.3) is 28.0 Å². The fraction of sp³-hybridized carbons (Fsp3) is 0.250. The largest absolute Gasteiger partial charge is 0.508 e. The number of aromatic carboxylic acids is 1. The summed E-state index contributed by atoms with van der Waals surface area (Å²) >= 11 is 6.86. The minimum atomic E-state index is -0.993. The van der Waals surface area contributed by atoms with E-state index in [-0.39, 0.29) is 17.2 Å². The van der Waals surface area contributed by atoms with Gasteiger partial charge in [0.2, 0.25) is 0 Å². The first kappa shape index (κ1) is 32.5. The SMILES string of the molecule is O=C(O)c1ccc(OCCCN2C(=O)/C(=C/c3cc(-c4ccc5cc(O)ccc5c4)ccc3OCCN3CCOCC3)SC2=S)cc1. The van der Waals surface area contributed by atoms with Crippen LogP contribution in [0.1, 0.15) is 22.3 Å². The van der Waals surface area contributed by atoms with Crippen LogP contribution >= 0.6 is 24.0 Å². The van der Waals surface area contributed by atoms with Crippen molar-refractivity contribution < 1.29 is 34.0 Å². The minimum Gasteiger partial charge on any atom is -0.508 e. The number of carboxylic acids is 1. The highest BCUT2D eigenvalue weighted by molar-refractivity contribution is 8.26. The Hall–Kier alpha value is -4.42. The molecule has 2 fully saturated rings. The fourth-order valence-corrected chi connectivity index (χ4v) is 6.73. The lowest BCUT2D eigenvalue weighted by atomic mass is 9.99. The van der Waals surface area contributed by atoms with E-state index in [0.717, 1.165) is 60.3 Å². The van der Waals surface area contributed by atoms with Crippen molar-refractivity contribution in [3.63, 3.8) is 0 Å². The zero-order valence-corrected chi connectivity index (χ0v) is 27.2. The third-order valence-electron chi connectivity index (χ3n) is 7.99. The number of hydrogen-bond donors (Lipinski definition) is 2. The number of fused-ring (bicyclic) bond motifs is 1. The molecule has 2 aliphatic heterocycles. The Bertz CT molecular complexity index is 1820. The molecule has 0 bridgehead atoms. The van der Waals surface area contributed by atoms with E-state index in [9.17, 15) is 14.7 Å². The lowest BCUT2D eigenvalue weighted by Crippen LogP contribution is -2.38. The monoisotopic (exact) mass is 670 g/mol. The maximum Gasteiger partial charge on any atom is 0.335 e. The Balaban J connectivity index is 1.17. The standard InChI is InChI=1S/C36H34N2O7S2/c39-30-8-4-26-20-25(2-3-28(26)22-30)27-7-11-32(45-19-15-37-13-17-43-18-14-37)29(21-27)23-33-34(40)38(36(46)47-33)12-1-16-44-31-9-5-24(6-10-31)35(41)42/h2-11,20-23,39H,1,12-19H2,(H,41,42)/b33-23-. The van der Waals surface area contributed by atoms with Crippen molar-refractivity contribution in [3.05, 3.63) is 94.9 Å². The minimum absolute atomic E-state index is 0.166. The first-order valence-corrected chi connectivity index (χ1v) is 16.6. The van der Waals surface area contributed by atoms with E-state index >= 15 is 0 Å². The maximum atomic E-state index is 13.5. The summed E-state index contributed by atoms with van der Waals surface area (Å²) < 4.78 is 18.0. The van der Waals surface area contributed by atoms with Gasteiger partial charge in [-0.25, -0.2) is 4.79 Å². The molecular formula is C36H34N2O7S2. The van der Waals surface area contributed by atoms with Gasteiger partial charge in [0, 0.05) is 31.7 Å². The zero-order valence-electron chi connectivity index (χ0n) is 25.6. The number of phenols is 1. The molecule has 2 heterocycles. The van der Waals surface area contributed by atoms with Crippen molar-refractivity contribution in [2.24, 2.45) is 0 Å². The maximum absolute atomic E-state index is 13.5. The first-order valence-electron chi connectivity index (χ1n) is 15.4. The molecule has 0 unspecified atom stereocenters. The van der Waals surface area contributed by atoms with Gasteiger partial charge in [-0.05, 0) is 89.0 Å². The van der Waals surface area contributed by atoms with Crippen LogP contribution in [0.4, 0.5) is 0 Å². The number of thioether (sulfide) groups is 1. The Morgan fingerprint density at radius 3 is 2.40 bits per heavy atom. The van der Waals surface area contributed by atoms with E-state index in [1.165, 1.54) is 23.9 Å².